The number of carbonyl (C=O) groups excluding carboxylic acids is 1. The Hall–Kier alpha value is -2.41. The first-order valence-corrected chi connectivity index (χ1v) is 10.6. The van der Waals surface area contributed by atoms with Gasteiger partial charge in [0.25, 0.3) is 0 Å². The molecule has 1 aromatic heterocycles. The third-order valence-corrected chi connectivity index (χ3v) is 5.64. The van der Waals surface area contributed by atoms with Crippen molar-refractivity contribution in [1.29, 1.82) is 0 Å². The van der Waals surface area contributed by atoms with Crippen LogP contribution in [0, 0.1) is 0 Å². The number of rotatable bonds is 9. The van der Waals surface area contributed by atoms with E-state index in [1.165, 1.54) is 6.08 Å². The number of benzene rings is 2. The summed E-state index contributed by atoms with van der Waals surface area (Å²) in [6.45, 7) is 7.23. The molecule has 0 fully saturated rings. The van der Waals surface area contributed by atoms with Crippen LogP contribution in [0.5, 0.6) is 5.75 Å². The molecule has 0 spiro atoms. The van der Waals surface area contributed by atoms with Gasteiger partial charge in [0.05, 0.1) is 10.3 Å². The number of hydrogen-bond acceptors (Lipinski definition) is 6. The molecule has 0 N–H and O–H groups in total. The van der Waals surface area contributed by atoms with E-state index in [4.69, 9.17) is 20.8 Å². The van der Waals surface area contributed by atoms with Crippen molar-refractivity contribution in [3.63, 3.8) is 0 Å². The van der Waals surface area contributed by atoms with Crippen LogP contribution in [0.4, 0.5) is 0 Å². The monoisotopic (exact) mass is 431 g/mol. The Morgan fingerprint density at radius 1 is 1.24 bits per heavy atom. The summed E-state index contributed by atoms with van der Waals surface area (Å²) in [5.41, 5.74) is 1.54. The molecular weight excluding hydrogens is 410 g/mol. The van der Waals surface area contributed by atoms with E-state index in [2.05, 4.69) is 18.7 Å². The van der Waals surface area contributed by atoms with E-state index < -0.39 is 4.94 Å². The summed E-state index contributed by atoms with van der Waals surface area (Å²) in [5.74, 6) is 0.188. The minimum Gasteiger partial charge on any atom is -0.491 e. The molecule has 5 nitrogen and oxygen atoms in total. The van der Waals surface area contributed by atoms with Gasteiger partial charge < -0.3 is 14.1 Å². The average Bonchev–Trinajstić information content (AvgIpc) is 3.09. The molecule has 3 rings (SSSR count). The van der Waals surface area contributed by atoms with E-state index in [0.717, 1.165) is 36.5 Å². The fourth-order valence-electron chi connectivity index (χ4n) is 2.96. The predicted molar refractivity (Wildman–Crippen MR) is 118 cm³/mol. The zero-order chi connectivity index (χ0) is 20.8. The van der Waals surface area contributed by atoms with Crippen LogP contribution in [0.25, 0.3) is 16.4 Å². The first-order valence-electron chi connectivity index (χ1n) is 9.41. The zero-order valence-electron chi connectivity index (χ0n) is 16.3. The second-order valence-corrected chi connectivity index (χ2v) is 7.73. The third kappa shape index (κ3) is 5.35. The molecule has 1 heterocycles. The summed E-state index contributed by atoms with van der Waals surface area (Å²) in [6.07, 6.45) is 3.15. The molecule has 29 heavy (non-hydrogen) atoms. The number of fused-ring (bicyclic) bond motifs is 1. The van der Waals surface area contributed by atoms with E-state index in [9.17, 15) is 9.59 Å². The lowest BCUT2D eigenvalue weighted by Crippen LogP contribution is -2.28. The third-order valence-electron chi connectivity index (χ3n) is 4.54. The zero-order valence-corrected chi connectivity index (χ0v) is 17.9. The SMILES string of the molecule is CCN(CC)CCOc1ccc2oc(=O)sc2c1C(=O)/C=C/c1cccc(Cl)c1. The average molecular weight is 432 g/mol. The molecule has 0 aliphatic carbocycles. The highest BCUT2D eigenvalue weighted by atomic mass is 35.5. The maximum absolute atomic E-state index is 13.0. The number of allylic oxidation sites excluding steroid dienone is 1. The molecule has 3 aromatic rings. The molecule has 0 atom stereocenters. The van der Waals surface area contributed by atoms with Crippen molar-refractivity contribution >= 4 is 45.1 Å². The quantitative estimate of drug-likeness (QED) is 0.347. The molecule has 0 saturated carbocycles. The summed E-state index contributed by atoms with van der Waals surface area (Å²) in [6, 6.07) is 10.6. The van der Waals surface area contributed by atoms with Gasteiger partial charge in [-0.15, -0.1) is 0 Å². The standard InChI is InChI=1S/C22H22ClNO4S/c1-3-24(4-2)12-13-27-18-10-11-19-21(29-22(26)28-19)20(18)17(25)9-8-15-6-5-7-16(23)14-15/h5-11,14H,3-4,12-13H2,1-2H3/b9-8+. The predicted octanol–water partition coefficient (Wildman–Crippen LogP) is 5.12. The lowest BCUT2D eigenvalue weighted by molar-refractivity contribution is 0.104. The molecule has 0 aliphatic rings. The van der Waals surface area contributed by atoms with E-state index in [1.807, 2.05) is 12.1 Å². The van der Waals surface area contributed by atoms with Crippen molar-refractivity contribution in [3.05, 3.63) is 68.4 Å². The van der Waals surface area contributed by atoms with Crippen LogP contribution in [0.1, 0.15) is 29.8 Å². The van der Waals surface area contributed by atoms with E-state index in [1.54, 1.807) is 30.3 Å². The Kier molecular flexibility index (Phi) is 7.25. The number of nitrogens with zero attached hydrogens (tertiary/aromatic N) is 1. The Bertz CT molecular complexity index is 1080. The Balaban J connectivity index is 1.90. The summed E-state index contributed by atoms with van der Waals surface area (Å²) in [7, 11) is 0. The van der Waals surface area contributed by atoms with Crippen molar-refractivity contribution in [2.75, 3.05) is 26.2 Å². The Labute approximate surface area is 178 Å². The van der Waals surface area contributed by atoms with Gasteiger partial charge >= 0.3 is 4.94 Å². The normalized spacial score (nSPS) is 11.6. The second kappa shape index (κ2) is 9.87. The van der Waals surface area contributed by atoms with E-state index in [0.29, 0.717) is 33.2 Å². The lowest BCUT2D eigenvalue weighted by atomic mass is 10.1. The van der Waals surface area contributed by atoms with Crippen LogP contribution in [0.15, 0.2) is 51.7 Å². The number of ketones is 1. The topological polar surface area (TPSA) is 59.8 Å². The minimum absolute atomic E-state index is 0.259. The largest absolute Gasteiger partial charge is 0.491 e. The van der Waals surface area contributed by atoms with Gasteiger partial charge in [0, 0.05) is 11.6 Å². The summed E-state index contributed by atoms with van der Waals surface area (Å²) >= 11 is 6.91. The molecule has 0 bridgehead atoms. The molecule has 152 valence electrons. The van der Waals surface area contributed by atoms with Gasteiger partial charge in [0.15, 0.2) is 11.4 Å². The number of halogens is 1. The van der Waals surface area contributed by atoms with Crippen LogP contribution in [0.3, 0.4) is 0 Å². The first kappa shape index (κ1) is 21.3. The molecule has 0 radical (unpaired) electrons. The van der Waals surface area contributed by atoms with Crippen molar-refractivity contribution in [3.8, 4) is 5.75 Å². The molecule has 0 amide bonds. The summed E-state index contributed by atoms with van der Waals surface area (Å²) in [5, 5.41) is 0.593. The van der Waals surface area contributed by atoms with Gasteiger partial charge in [0.2, 0.25) is 0 Å². The van der Waals surface area contributed by atoms with Crippen LogP contribution in [0.2, 0.25) is 5.02 Å². The maximum atomic E-state index is 13.0. The van der Waals surface area contributed by atoms with Gasteiger partial charge in [-0.1, -0.05) is 55.0 Å². The fraction of sp³-hybridized carbons (Fsp3) is 0.273. The lowest BCUT2D eigenvalue weighted by Gasteiger charge is -2.18. The minimum atomic E-state index is -0.451. The molecular formula is C22H22ClNO4S. The van der Waals surface area contributed by atoms with Crippen molar-refractivity contribution in [1.82, 2.24) is 4.90 Å². The van der Waals surface area contributed by atoms with Crippen LogP contribution < -0.4 is 9.68 Å². The molecule has 0 saturated heterocycles. The smallest absolute Gasteiger partial charge is 0.396 e. The van der Waals surface area contributed by atoms with Crippen LogP contribution in [-0.4, -0.2) is 36.9 Å². The van der Waals surface area contributed by atoms with Gasteiger partial charge in [-0.3, -0.25) is 4.79 Å². The van der Waals surface area contributed by atoms with Gasteiger partial charge in [-0.05, 0) is 49.0 Å². The van der Waals surface area contributed by atoms with Crippen molar-refractivity contribution in [2.24, 2.45) is 0 Å². The number of carbonyl (C=O) groups is 1. The number of likely N-dealkylation sites (N-methyl/N-ethyl adjacent to an activating group) is 1. The van der Waals surface area contributed by atoms with Gasteiger partial charge in [-0.25, -0.2) is 4.79 Å². The van der Waals surface area contributed by atoms with Crippen molar-refractivity contribution in [2.45, 2.75) is 13.8 Å². The molecule has 0 unspecified atom stereocenters. The first-order chi connectivity index (χ1) is 14.0. The molecule has 2 aromatic carbocycles. The van der Waals surface area contributed by atoms with Crippen LogP contribution in [-0.2, 0) is 0 Å². The van der Waals surface area contributed by atoms with E-state index >= 15 is 0 Å². The number of hydrogen-bond donors (Lipinski definition) is 0. The maximum Gasteiger partial charge on any atom is 0.396 e. The second-order valence-electron chi connectivity index (χ2n) is 6.35. The van der Waals surface area contributed by atoms with E-state index in [-0.39, 0.29) is 5.78 Å². The summed E-state index contributed by atoms with van der Waals surface area (Å²) < 4.78 is 11.6. The fourth-order valence-corrected chi connectivity index (χ4v) is 3.98. The van der Waals surface area contributed by atoms with Gasteiger partial charge in [-0.2, -0.15) is 0 Å². The van der Waals surface area contributed by atoms with Crippen LogP contribution >= 0.6 is 22.9 Å². The highest BCUT2D eigenvalue weighted by Crippen LogP contribution is 2.31. The molecule has 0 aliphatic heterocycles. The summed E-state index contributed by atoms with van der Waals surface area (Å²) in [4.78, 5) is 26.5. The highest BCUT2D eigenvalue weighted by molar-refractivity contribution is 7.16. The molecule has 7 heteroatoms. The van der Waals surface area contributed by atoms with Gasteiger partial charge in [0.1, 0.15) is 12.4 Å². The Morgan fingerprint density at radius 2 is 2.03 bits per heavy atom. The number of ether oxygens (including phenoxy) is 1. The highest BCUT2D eigenvalue weighted by Gasteiger charge is 2.19. The van der Waals surface area contributed by atoms with Crippen molar-refractivity contribution < 1.29 is 13.9 Å². The Morgan fingerprint density at radius 3 is 2.76 bits per heavy atom.